The summed E-state index contributed by atoms with van der Waals surface area (Å²) in [6, 6.07) is 25.5. The molecule has 0 N–H and O–H groups in total. The second-order valence-corrected chi connectivity index (χ2v) is 8.08. The highest BCUT2D eigenvalue weighted by Gasteiger charge is 2.10. The second kappa shape index (κ2) is 8.78. The first-order valence-electron chi connectivity index (χ1n) is 8.98. The number of hydrogen-bond acceptors (Lipinski definition) is 3. The van der Waals surface area contributed by atoms with Crippen LogP contribution in [-0.4, -0.2) is 10.3 Å². The predicted molar refractivity (Wildman–Crippen MR) is 123 cm³/mol. The number of nitrogens with zero attached hydrogens (tertiary/aromatic N) is 3. The van der Waals surface area contributed by atoms with E-state index in [1.54, 1.807) is 11.3 Å². The highest BCUT2D eigenvalue weighted by Crippen LogP contribution is 2.25. The molecule has 1 aromatic heterocycles. The molecule has 1 heterocycles. The third-order valence-electron chi connectivity index (χ3n) is 4.41. The van der Waals surface area contributed by atoms with Crippen LogP contribution in [0.3, 0.4) is 0 Å². The molecule has 0 unspecified atom stereocenters. The van der Waals surface area contributed by atoms with Crippen molar-refractivity contribution < 1.29 is 0 Å². The summed E-state index contributed by atoms with van der Waals surface area (Å²) >= 11 is 13.6. The van der Waals surface area contributed by atoms with Crippen molar-refractivity contribution in [1.82, 2.24) is 4.57 Å². The Balaban J connectivity index is 1.83. The maximum absolute atomic E-state index is 6.06. The summed E-state index contributed by atoms with van der Waals surface area (Å²) in [6.07, 6.45) is 0. The molecule has 0 atom stereocenters. The molecule has 29 heavy (non-hydrogen) atoms. The Morgan fingerprint density at radius 2 is 1.45 bits per heavy atom. The van der Waals surface area contributed by atoms with Crippen molar-refractivity contribution in [1.29, 1.82) is 0 Å². The summed E-state index contributed by atoms with van der Waals surface area (Å²) < 4.78 is 2.10. The molecule has 4 aromatic rings. The van der Waals surface area contributed by atoms with Gasteiger partial charge < -0.3 is 0 Å². The zero-order valence-electron chi connectivity index (χ0n) is 15.6. The maximum Gasteiger partial charge on any atom is 0.215 e. The molecule has 144 valence electrons. The van der Waals surface area contributed by atoms with Crippen molar-refractivity contribution in [2.45, 2.75) is 6.92 Å². The van der Waals surface area contributed by atoms with Gasteiger partial charge in [-0.1, -0.05) is 65.7 Å². The quantitative estimate of drug-likeness (QED) is 0.247. The summed E-state index contributed by atoms with van der Waals surface area (Å²) in [5.41, 5.74) is 4.93. The van der Waals surface area contributed by atoms with Crippen LogP contribution in [0.4, 0.5) is 0 Å². The minimum absolute atomic E-state index is 0.700. The summed E-state index contributed by atoms with van der Waals surface area (Å²) in [5.74, 6) is 0. The van der Waals surface area contributed by atoms with Crippen LogP contribution < -0.4 is 4.80 Å². The Morgan fingerprint density at radius 3 is 2.10 bits per heavy atom. The SMILES string of the molecule is C/C(=N/N=c1/scc(-c2ccc(Cl)cc2)n1-c1ccccc1)c1ccc(Cl)cc1. The van der Waals surface area contributed by atoms with Crippen LogP contribution in [0.1, 0.15) is 12.5 Å². The van der Waals surface area contributed by atoms with Gasteiger partial charge in [0, 0.05) is 21.1 Å². The van der Waals surface area contributed by atoms with Gasteiger partial charge in [0.25, 0.3) is 0 Å². The van der Waals surface area contributed by atoms with Gasteiger partial charge in [0.15, 0.2) is 0 Å². The van der Waals surface area contributed by atoms with Gasteiger partial charge in [-0.2, -0.15) is 5.10 Å². The van der Waals surface area contributed by atoms with Gasteiger partial charge in [0.2, 0.25) is 4.80 Å². The highest BCUT2D eigenvalue weighted by atomic mass is 35.5. The lowest BCUT2D eigenvalue weighted by Crippen LogP contribution is -2.13. The molecule has 3 aromatic carbocycles. The largest absolute Gasteiger partial charge is 0.284 e. The molecule has 0 spiro atoms. The van der Waals surface area contributed by atoms with E-state index in [-0.39, 0.29) is 0 Å². The molecule has 0 saturated heterocycles. The Bertz CT molecular complexity index is 1210. The zero-order valence-corrected chi connectivity index (χ0v) is 17.9. The molecule has 0 aliphatic carbocycles. The van der Waals surface area contributed by atoms with Gasteiger partial charge in [0.05, 0.1) is 11.4 Å². The summed E-state index contributed by atoms with van der Waals surface area (Å²) in [6.45, 7) is 1.94. The van der Waals surface area contributed by atoms with Gasteiger partial charge in [-0.15, -0.1) is 16.4 Å². The molecule has 0 fully saturated rings. The Hall–Kier alpha value is -2.66. The lowest BCUT2D eigenvalue weighted by Gasteiger charge is -2.09. The fourth-order valence-corrected chi connectivity index (χ4v) is 4.00. The van der Waals surface area contributed by atoms with E-state index in [9.17, 15) is 0 Å². The van der Waals surface area contributed by atoms with E-state index in [0.29, 0.717) is 10.0 Å². The van der Waals surface area contributed by atoms with Crippen molar-refractivity contribution in [3.63, 3.8) is 0 Å². The predicted octanol–water partition coefficient (Wildman–Crippen LogP) is 6.84. The maximum atomic E-state index is 6.06. The first-order chi connectivity index (χ1) is 14.1. The Morgan fingerprint density at radius 1 is 0.828 bits per heavy atom. The molecule has 0 radical (unpaired) electrons. The van der Waals surface area contributed by atoms with Crippen molar-refractivity contribution in [2.75, 3.05) is 0 Å². The molecule has 0 aliphatic rings. The number of benzene rings is 3. The Labute approximate surface area is 183 Å². The molecule has 4 rings (SSSR count). The number of para-hydroxylation sites is 1. The van der Waals surface area contributed by atoms with Crippen molar-refractivity contribution in [2.24, 2.45) is 10.2 Å². The number of aromatic nitrogens is 1. The highest BCUT2D eigenvalue weighted by molar-refractivity contribution is 7.07. The van der Waals surface area contributed by atoms with Crippen LogP contribution in [0.25, 0.3) is 16.9 Å². The number of thiazole rings is 1. The average Bonchev–Trinajstić information content (AvgIpc) is 3.17. The van der Waals surface area contributed by atoms with Crippen molar-refractivity contribution >= 4 is 40.3 Å². The first-order valence-corrected chi connectivity index (χ1v) is 10.6. The number of hydrogen-bond donors (Lipinski definition) is 0. The lowest BCUT2D eigenvalue weighted by atomic mass is 10.1. The van der Waals surface area contributed by atoms with E-state index in [4.69, 9.17) is 23.2 Å². The average molecular weight is 438 g/mol. The van der Waals surface area contributed by atoms with Crippen molar-refractivity contribution in [3.05, 3.63) is 105 Å². The van der Waals surface area contributed by atoms with E-state index in [1.165, 1.54) is 0 Å². The van der Waals surface area contributed by atoms with Gasteiger partial charge in [0.1, 0.15) is 0 Å². The summed E-state index contributed by atoms with van der Waals surface area (Å²) in [4.78, 5) is 0.787. The minimum Gasteiger partial charge on any atom is -0.284 e. The van der Waals surface area contributed by atoms with E-state index < -0.39 is 0 Å². The molecule has 6 heteroatoms. The van der Waals surface area contributed by atoms with Gasteiger partial charge >= 0.3 is 0 Å². The van der Waals surface area contributed by atoms with Gasteiger partial charge in [-0.25, -0.2) is 0 Å². The zero-order chi connectivity index (χ0) is 20.2. The number of halogens is 2. The molecular weight excluding hydrogens is 421 g/mol. The van der Waals surface area contributed by atoms with Crippen LogP contribution in [0.2, 0.25) is 10.0 Å². The van der Waals surface area contributed by atoms with Gasteiger partial charge in [-0.05, 0) is 54.4 Å². The third-order valence-corrected chi connectivity index (χ3v) is 5.73. The van der Waals surface area contributed by atoms with Crippen LogP contribution in [0, 0.1) is 0 Å². The normalized spacial score (nSPS) is 12.4. The van der Waals surface area contributed by atoms with Crippen LogP contribution in [-0.2, 0) is 0 Å². The topological polar surface area (TPSA) is 29.6 Å². The fraction of sp³-hybridized carbons (Fsp3) is 0.0435. The lowest BCUT2D eigenvalue weighted by molar-refractivity contribution is 0.970. The van der Waals surface area contributed by atoms with Crippen LogP contribution in [0.15, 0.2) is 94.4 Å². The minimum atomic E-state index is 0.700. The van der Waals surface area contributed by atoms with E-state index in [1.807, 2.05) is 73.7 Å². The van der Waals surface area contributed by atoms with Crippen molar-refractivity contribution in [3.8, 4) is 16.9 Å². The monoisotopic (exact) mass is 437 g/mol. The molecule has 0 amide bonds. The molecule has 0 bridgehead atoms. The Kier molecular flexibility index (Phi) is 5.95. The van der Waals surface area contributed by atoms with E-state index in [0.717, 1.165) is 33.0 Å². The molecular formula is C23H17Cl2N3S. The third kappa shape index (κ3) is 4.51. The fourth-order valence-electron chi connectivity index (χ4n) is 2.90. The van der Waals surface area contributed by atoms with Crippen LogP contribution in [0.5, 0.6) is 0 Å². The van der Waals surface area contributed by atoms with Crippen LogP contribution >= 0.6 is 34.5 Å². The molecule has 0 saturated carbocycles. The molecule has 0 aliphatic heterocycles. The first kappa shape index (κ1) is 19.6. The summed E-state index contributed by atoms with van der Waals surface area (Å²) in [7, 11) is 0. The smallest absolute Gasteiger partial charge is 0.215 e. The number of rotatable bonds is 4. The van der Waals surface area contributed by atoms with E-state index in [2.05, 4.69) is 32.3 Å². The standard InChI is InChI=1S/C23H17Cl2N3S/c1-16(17-7-11-19(24)12-8-17)26-27-23-28(21-5-3-2-4-6-21)22(15-29-23)18-9-13-20(25)14-10-18/h2-15H,1H3/b26-16-,27-23+. The van der Waals surface area contributed by atoms with Gasteiger partial charge in [-0.3, -0.25) is 4.57 Å². The summed E-state index contributed by atoms with van der Waals surface area (Å²) in [5, 5.41) is 12.5. The molecule has 3 nitrogen and oxygen atoms in total. The van der Waals surface area contributed by atoms with E-state index >= 15 is 0 Å². The second-order valence-electron chi connectivity index (χ2n) is 6.37.